The summed E-state index contributed by atoms with van der Waals surface area (Å²) in [6, 6.07) is 13.2. The van der Waals surface area contributed by atoms with Crippen LogP contribution in [0.3, 0.4) is 0 Å². The van der Waals surface area contributed by atoms with Crippen molar-refractivity contribution in [1.29, 1.82) is 0 Å². The van der Waals surface area contributed by atoms with Gasteiger partial charge in [-0.2, -0.15) is 0 Å². The highest BCUT2D eigenvalue weighted by atomic mass is 16.3. The lowest BCUT2D eigenvalue weighted by Crippen LogP contribution is -2.07. The molecule has 0 aliphatic carbocycles. The lowest BCUT2D eigenvalue weighted by molar-refractivity contribution is 0.279. The lowest BCUT2D eigenvalue weighted by atomic mass is 9.96. The molecule has 1 unspecified atom stereocenters. The van der Waals surface area contributed by atoms with E-state index < -0.39 is 0 Å². The maximum Gasteiger partial charge on any atom is 0.0555 e. The molecule has 2 aromatic rings. The number of hydrogen-bond acceptors (Lipinski definition) is 3. The smallest absolute Gasteiger partial charge is 0.0555 e. The first-order chi connectivity index (χ1) is 7.81. The van der Waals surface area contributed by atoms with Gasteiger partial charge < -0.3 is 10.8 Å². The third-order valence-corrected chi connectivity index (χ3v) is 2.57. The number of benzene rings is 1. The van der Waals surface area contributed by atoms with Crippen LogP contribution in [0.1, 0.15) is 17.2 Å². The van der Waals surface area contributed by atoms with E-state index >= 15 is 0 Å². The van der Waals surface area contributed by atoms with E-state index in [9.17, 15) is 5.11 Å². The van der Waals surface area contributed by atoms with Crippen LogP contribution in [0.25, 0.3) is 0 Å². The number of hydrogen-bond donors (Lipinski definition) is 2. The fourth-order valence-corrected chi connectivity index (χ4v) is 1.68. The second-order valence-electron chi connectivity index (χ2n) is 3.66. The van der Waals surface area contributed by atoms with Crippen LogP contribution in [0.4, 0.5) is 5.69 Å². The highest BCUT2D eigenvalue weighted by Crippen LogP contribution is 2.22. The summed E-state index contributed by atoms with van der Waals surface area (Å²) in [5, 5.41) is 9.43. The number of aromatic nitrogens is 1. The molecule has 0 radical (unpaired) electrons. The molecule has 0 saturated carbocycles. The Bertz CT molecular complexity index is 439. The quantitative estimate of drug-likeness (QED) is 0.766. The zero-order valence-electron chi connectivity index (χ0n) is 8.88. The summed E-state index contributed by atoms with van der Waals surface area (Å²) in [6.45, 7) is 0.0426. The molecule has 1 heterocycles. The van der Waals surface area contributed by atoms with E-state index in [4.69, 9.17) is 5.73 Å². The summed E-state index contributed by atoms with van der Waals surface area (Å²) in [7, 11) is 0. The zero-order chi connectivity index (χ0) is 11.4. The van der Waals surface area contributed by atoms with Crippen LogP contribution >= 0.6 is 0 Å². The predicted octanol–water partition coefficient (Wildman–Crippen LogP) is 1.79. The molecule has 3 heteroatoms. The Labute approximate surface area is 94.6 Å². The maximum atomic E-state index is 9.43. The van der Waals surface area contributed by atoms with Crippen molar-refractivity contribution in [2.75, 3.05) is 12.3 Å². The van der Waals surface area contributed by atoms with Gasteiger partial charge in [0.25, 0.3) is 0 Å². The molecule has 0 aliphatic rings. The molecule has 82 valence electrons. The molecule has 0 fully saturated rings. The lowest BCUT2D eigenvalue weighted by Gasteiger charge is -2.13. The molecular weight excluding hydrogens is 200 g/mol. The normalized spacial score (nSPS) is 12.3. The Morgan fingerprint density at radius 3 is 2.44 bits per heavy atom. The van der Waals surface area contributed by atoms with Crippen LogP contribution in [0.5, 0.6) is 0 Å². The van der Waals surface area contributed by atoms with Gasteiger partial charge in [0.05, 0.1) is 12.3 Å². The van der Waals surface area contributed by atoms with Crippen molar-refractivity contribution in [1.82, 2.24) is 4.98 Å². The summed E-state index contributed by atoms with van der Waals surface area (Å²) < 4.78 is 0. The topological polar surface area (TPSA) is 59.1 Å². The van der Waals surface area contributed by atoms with Crippen molar-refractivity contribution in [3.63, 3.8) is 0 Å². The highest BCUT2D eigenvalue weighted by Gasteiger charge is 2.13. The van der Waals surface area contributed by atoms with Gasteiger partial charge >= 0.3 is 0 Å². The minimum Gasteiger partial charge on any atom is -0.399 e. The molecule has 1 aromatic heterocycles. The number of anilines is 1. The first-order valence-corrected chi connectivity index (χ1v) is 5.18. The summed E-state index contributed by atoms with van der Waals surface area (Å²) in [5.41, 5.74) is 8.25. The molecule has 3 N–H and O–H groups in total. The number of nitrogen functional groups attached to an aromatic ring is 1. The SMILES string of the molecule is Nc1ccc(C(CO)c2ccccn2)cc1. The highest BCUT2D eigenvalue weighted by molar-refractivity contribution is 5.41. The Kier molecular flexibility index (Phi) is 3.17. The predicted molar refractivity (Wildman–Crippen MR) is 64.0 cm³/mol. The van der Waals surface area contributed by atoms with E-state index in [1.165, 1.54) is 0 Å². The summed E-state index contributed by atoms with van der Waals surface area (Å²) in [5.74, 6) is -0.0817. The van der Waals surface area contributed by atoms with Crippen molar-refractivity contribution in [2.24, 2.45) is 0 Å². The fraction of sp³-hybridized carbons (Fsp3) is 0.154. The van der Waals surface area contributed by atoms with Gasteiger partial charge in [-0.3, -0.25) is 4.98 Å². The van der Waals surface area contributed by atoms with Crippen LogP contribution in [0, 0.1) is 0 Å². The van der Waals surface area contributed by atoms with Crippen LogP contribution in [-0.4, -0.2) is 16.7 Å². The second kappa shape index (κ2) is 4.77. The third-order valence-electron chi connectivity index (χ3n) is 2.57. The van der Waals surface area contributed by atoms with Gasteiger partial charge in [-0.05, 0) is 29.8 Å². The molecule has 3 nitrogen and oxygen atoms in total. The first-order valence-electron chi connectivity index (χ1n) is 5.18. The number of rotatable bonds is 3. The van der Waals surface area contributed by atoms with E-state index in [0.717, 1.165) is 16.9 Å². The van der Waals surface area contributed by atoms with E-state index in [0.29, 0.717) is 0 Å². The van der Waals surface area contributed by atoms with Gasteiger partial charge in [-0.1, -0.05) is 18.2 Å². The van der Waals surface area contributed by atoms with E-state index in [1.54, 1.807) is 6.20 Å². The van der Waals surface area contributed by atoms with E-state index in [2.05, 4.69) is 4.98 Å². The molecule has 0 saturated heterocycles. The van der Waals surface area contributed by atoms with Gasteiger partial charge in [0, 0.05) is 17.8 Å². The van der Waals surface area contributed by atoms with Gasteiger partial charge in [-0.15, -0.1) is 0 Å². The number of aliphatic hydroxyl groups is 1. The Morgan fingerprint density at radius 1 is 1.12 bits per heavy atom. The summed E-state index contributed by atoms with van der Waals surface area (Å²) in [4.78, 5) is 4.26. The van der Waals surface area contributed by atoms with Crippen molar-refractivity contribution < 1.29 is 5.11 Å². The average molecular weight is 214 g/mol. The third kappa shape index (κ3) is 2.20. The monoisotopic (exact) mass is 214 g/mol. The fourth-order valence-electron chi connectivity index (χ4n) is 1.68. The number of pyridine rings is 1. The number of aliphatic hydroxyl groups excluding tert-OH is 1. The van der Waals surface area contributed by atoms with Crippen LogP contribution < -0.4 is 5.73 Å². The molecule has 0 spiro atoms. The number of nitrogens with zero attached hydrogens (tertiary/aromatic N) is 1. The molecule has 16 heavy (non-hydrogen) atoms. The van der Waals surface area contributed by atoms with Gasteiger partial charge in [0.2, 0.25) is 0 Å². The standard InChI is InChI=1S/C13H14N2O/c14-11-6-4-10(5-7-11)12(9-16)13-3-1-2-8-15-13/h1-8,12,16H,9,14H2. The molecule has 0 aliphatic heterocycles. The van der Waals surface area contributed by atoms with Crippen molar-refractivity contribution in [3.05, 3.63) is 59.9 Å². The second-order valence-corrected chi connectivity index (χ2v) is 3.66. The minimum atomic E-state index is -0.0817. The molecule has 1 aromatic carbocycles. The van der Waals surface area contributed by atoms with Crippen molar-refractivity contribution in [2.45, 2.75) is 5.92 Å². The summed E-state index contributed by atoms with van der Waals surface area (Å²) in [6.07, 6.45) is 1.73. The van der Waals surface area contributed by atoms with E-state index in [1.807, 2.05) is 42.5 Å². The zero-order valence-corrected chi connectivity index (χ0v) is 8.88. The molecule has 0 bridgehead atoms. The van der Waals surface area contributed by atoms with Gasteiger partial charge in [0.15, 0.2) is 0 Å². The average Bonchev–Trinajstić information content (AvgIpc) is 2.34. The molecule has 1 atom stereocenters. The van der Waals surface area contributed by atoms with Crippen LogP contribution in [0.2, 0.25) is 0 Å². The number of nitrogens with two attached hydrogens (primary N) is 1. The molecule has 2 rings (SSSR count). The van der Waals surface area contributed by atoms with Crippen molar-refractivity contribution >= 4 is 5.69 Å². The Balaban J connectivity index is 2.33. The van der Waals surface area contributed by atoms with Gasteiger partial charge in [0.1, 0.15) is 0 Å². The van der Waals surface area contributed by atoms with E-state index in [-0.39, 0.29) is 12.5 Å². The Morgan fingerprint density at radius 2 is 1.88 bits per heavy atom. The largest absolute Gasteiger partial charge is 0.399 e. The van der Waals surface area contributed by atoms with Crippen LogP contribution in [0.15, 0.2) is 48.7 Å². The maximum absolute atomic E-state index is 9.43. The van der Waals surface area contributed by atoms with Crippen molar-refractivity contribution in [3.8, 4) is 0 Å². The first kappa shape index (κ1) is 10.6. The molecular formula is C13H14N2O. The van der Waals surface area contributed by atoms with Crippen LogP contribution in [-0.2, 0) is 0 Å². The van der Waals surface area contributed by atoms with Gasteiger partial charge in [-0.25, -0.2) is 0 Å². The minimum absolute atomic E-state index is 0.0426. The Hall–Kier alpha value is -1.87. The summed E-state index contributed by atoms with van der Waals surface area (Å²) >= 11 is 0. The molecule has 0 amide bonds.